The average Bonchev–Trinajstić information content (AvgIpc) is 3.01. The predicted molar refractivity (Wildman–Crippen MR) is 103 cm³/mol. The molecule has 3 N–H and O–H groups in total. The molecule has 0 radical (unpaired) electrons. The van der Waals surface area contributed by atoms with Crippen LogP contribution in [0.2, 0.25) is 0 Å². The Hall–Kier alpha value is -0.670. The molecule has 1 rings (SSSR count). The molecule has 0 fully saturated rings. The van der Waals surface area contributed by atoms with Crippen LogP contribution in [0.15, 0.2) is 17.1 Å². The largest absolute Gasteiger partial charge is 0.330 e. The summed E-state index contributed by atoms with van der Waals surface area (Å²) in [5.74, 6) is 0. The van der Waals surface area contributed by atoms with Crippen molar-refractivity contribution in [3.63, 3.8) is 0 Å². The van der Waals surface area contributed by atoms with E-state index in [9.17, 15) is 0 Å². The van der Waals surface area contributed by atoms with Gasteiger partial charge in [-0.05, 0) is 45.0 Å². The lowest BCUT2D eigenvalue weighted by molar-refractivity contribution is 0.445. The fourth-order valence-corrected chi connectivity index (χ4v) is 3.29. The van der Waals surface area contributed by atoms with E-state index in [1.807, 2.05) is 6.21 Å². The molecule has 0 saturated carbocycles. The quantitative estimate of drug-likeness (QED) is 0.408. The maximum atomic E-state index is 5.71. The first-order chi connectivity index (χ1) is 11.3. The fraction of sp³-hybridized carbons (Fsp3) is 0.850. The molecule has 23 heavy (non-hydrogen) atoms. The molecular formula is C20H39N3. The Morgan fingerprint density at radius 3 is 2.09 bits per heavy atom. The zero-order valence-electron chi connectivity index (χ0n) is 15.4. The highest BCUT2D eigenvalue weighted by Crippen LogP contribution is 2.24. The van der Waals surface area contributed by atoms with Crippen LogP contribution in [0.1, 0.15) is 84.0 Å². The van der Waals surface area contributed by atoms with Crippen LogP contribution in [0.5, 0.6) is 0 Å². The summed E-state index contributed by atoms with van der Waals surface area (Å²) in [5.41, 5.74) is 5.69. The molecule has 134 valence electrons. The van der Waals surface area contributed by atoms with Gasteiger partial charge in [0.25, 0.3) is 0 Å². The molecule has 0 aromatic heterocycles. The summed E-state index contributed by atoms with van der Waals surface area (Å²) in [5, 5.41) is 3.57. The van der Waals surface area contributed by atoms with Gasteiger partial charge in [0, 0.05) is 6.21 Å². The van der Waals surface area contributed by atoms with Crippen molar-refractivity contribution in [1.29, 1.82) is 0 Å². The van der Waals surface area contributed by atoms with Gasteiger partial charge in [0.2, 0.25) is 0 Å². The second-order valence-corrected chi connectivity index (χ2v) is 6.96. The average molecular weight is 322 g/mol. The highest BCUT2D eigenvalue weighted by atomic mass is 14.9. The Bertz CT molecular complexity index is 311. The molecule has 0 aromatic rings. The van der Waals surface area contributed by atoms with Gasteiger partial charge in [0.05, 0.1) is 5.54 Å². The summed E-state index contributed by atoms with van der Waals surface area (Å²) < 4.78 is 0. The Kier molecular flexibility index (Phi) is 12.2. The smallest absolute Gasteiger partial charge is 0.0815 e. The Balaban J connectivity index is 1.85. The van der Waals surface area contributed by atoms with Crippen molar-refractivity contribution < 1.29 is 0 Å². The molecule has 1 atom stereocenters. The SMILES string of the molecule is CCCCCCCCCCCCNCCC1(CCN)C=CC=N1. The summed E-state index contributed by atoms with van der Waals surface area (Å²) in [4.78, 5) is 4.60. The third-order valence-electron chi connectivity index (χ3n) is 4.84. The first-order valence-corrected chi connectivity index (χ1v) is 9.97. The number of nitrogens with one attached hydrogen (secondary N) is 1. The third kappa shape index (κ3) is 9.93. The van der Waals surface area contributed by atoms with Crippen molar-refractivity contribution in [3.8, 4) is 0 Å². The minimum Gasteiger partial charge on any atom is -0.330 e. The van der Waals surface area contributed by atoms with Gasteiger partial charge in [-0.2, -0.15) is 0 Å². The molecule has 0 bridgehead atoms. The van der Waals surface area contributed by atoms with E-state index in [0.717, 1.165) is 25.9 Å². The highest BCUT2D eigenvalue weighted by molar-refractivity contribution is 5.75. The summed E-state index contributed by atoms with van der Waals surface area (Å²) >= 11 is 0. The van der Waals surface area contributed by atoms with E-state index in [1.54, 1.807) is 0 Å². The zero-order valence-corrected chi connectivity index (χ0v) is 15.4. The van der Waals surface area contributed by atoms with Gasteiger partial charge in [-0.15, -0.1) is 0 Å². The van der Waals surface area contributed by atoms with E-state index < -0.39 is 0 Å². The molecule has 0 aliphatic carbocycles. The van der Waals surface area contributed by atoms with Crippen molar-refractivity contribution in [2.75, 3.05) is 19.6 Å². The number of hydrogen-bond acceptors (Lipinski definition) is 3. The molecule has 0 aromatic carbocycles. The lowest BCUT2D eigenvalue weighted by atomic mass is 9.92. The van der Waals surface area contributed by atoms with E-state index in [-0.39, 0.29) is 5.54 Å². The van der Waals surface area contributed by atoms with Crippen LogP contribution < -0.4 is 11.1 Å². The number of aliphatic imine (C=N–C) groups is 1. The molecule has 0 amide bonds. The van der Waals surface area contributed by atoms with E-state index in [1.165, 1.54) is 64.2 Å². The second kappa shape index (κ2) is 13.7. The standard InChI is InChI=1S/C20H39N3/c1-2-3-4-5-6-7-8-9-10-11-17-22-19-15-20(14-16-21)13-12-18-23-20/h12-13,18,22H,2-11,14-17,19,21H2,1H3. The summed E-state index contributed by atoms with van der Waals surface area (Å²) in [6.07, 6.45) is 22.2. The van der Waals surface area contributed by atoms with Crippen LogP contribution in [0.4, 0.5) is 0 Å². The van der Waals surface area contributed by atoms with Crippen LogP contribution >= 0.6 is 0 Å². The monoisotopic (exact) mass is 321 g/mol. The van der Waals surface area contributed by atoms with Crippen LogP contribution in [0.25, 0.3) is 0 Å². The topological polar surface area (TPSA) is 50.4 Å². The summed E-state index contributed by atoms with van der Waals surface area (Å²) in [6, 6.07) is 0. The van der Waals surface area contributed by atoms with Gasteiger partial charge in [0.1, 0.15) is 0 Å². The first-order valence-electron chi connectivity index (χ1n) is 9.97. The van der Waals surface area contributed by atoms with Gasteiger partial charge in [-0.1, -0.05) is 70.8 Å². The van der Waals surface area contributed by atoms with E-state index in [2.05, 4.69) is 29.4 Å². The van der Waals surface area contributed by atoms with Crippen molar-refractivity contribution in [3.05, 3.63) is 12.2 Å². The third-order valence-corrected chi connectivity index (χ3v) is 4.84. The maximum absolute atomic E-state index is 5.71. The second-order valence-electron chi connectivity index (χ2n) is 6.96. The fourth-order valence-electron chi connectivity index (χ4n) is 3.29. The minimum atomic E-state index is -0.0144. The Morgan fingerprint density at radius 1 is 0.870 bits per heavy atom. The Labute approximate surface area is 144 Å². The number of rotatable bonds is 16. The normalized spacial score (nSPS) is 19.7. The van der Waals surface area contributed by atoms with Gasteiger partial charge in [-0.25, -0.2) is 0 Å². The van der Waals surface area contributed by atoms with Gasteiger partial charge in [-0.3, -0.25) is 4.99 Å². The van der Waals surface area contributed by atoms with Crippen LogP contribution in [0.3, 0.4) is 0 Å². The lowest BCUT2D eigenvalue weighted by Crippen LogP contribution is -2.31. The predicted octanol–water partition coefficient (Wildman–Crippen LogP) is 4.62. The molecule has 3 nitrogen and oxygen atoms in total. The number of nitrogens with zero attached hydrogens (tertiary/aromatic N) is 1. The van der Waals surface area contributed by atoms with E-state index in [4.69, 9.17) is 5.73 Å². The molecule has 1 aliphatic rings. The van der Waals surface area contributed by atoms with Crippen molar-refractivity contribution in [1.82, 2.24) is 5.32 Å². The molecule has 1 heterocycles. The molecular weight excluding hydrogens is 282 g/mol. The number of nitrogens with two attached hydrogens (primary N) is 1. The number of allylic oxidation sites excluding steroid dienone is 1. The molecule has 3 heteroatoms. The van der Waals surface area contributed by atoms with Gasteiger partial charge in [0.15, 0.2) is 0 Å². The van der Waals surface area contributed by atoms with E-state index >= 15 is 0 Å². The van der Waals surface area contributed by atoms with Gasteiger partial charge >= 0.3 is 0 Å². The van der Waals surface area contributed by atoms with Crippen LogP contribution in [-0.2, 0) is 0 Å². The van der Waals surface area contributed by atoms with Crippen molar-refractivity contribution >= 4 is 6.21 Å². The maximum Gasteiger partial charge on any atom is 0.0815 e. The lowest BCUT2D eigenvalue weighted by Gasteiger charge is -2.23. The van der Waals surface area contributed by atoms with Crippen LogP contribution in [-0.4, -0.2) is 31.4 Å². The van der Waals surface area contributed by atoms with Crippen molar-refractivity contribution in [2.45, 2.75) is 89.5 Å². The number of unbranched alkanes of at least 4 members (excludes halogenated alkanes) is 9. The van der Waals surface area contributed by atoms with Gasteiger partial charge < -0.3 is 11.1 Å². The first kappa shape index (κ1) is 20.4. The molecule has 1 unspecified atom stereocenters. The van der Waals surface area contributed by atoms with Crippen LogP contribution in [0, 0.1) is 0 Å². The molecule has 1 aliphatic heterocycles. The minimum absolute atomic E-state index is 0.0144. The summed E-state index contributed by atoms with van der Waals surface area (Å²) in [7, 11) is 0. The zero-order chi connectivity index (χ0) is 16.6. The number of hydrogen-bond donors (Lipinski definition) is 2. The Morgan fingerprint density at radius 2 is 1.52 bits per heavy atom. The summed E-state index contributed by atoms with van der Waals surface area (Å²) in [6.45, 7) is 5.17. The highest BCUT2D eigenvalue weighted by Gasteiger charge is 2.25. The van der Waals surface area contributed by atoms with Crippen molar-refractivity contribution in [2.24, 2.45) is 10.7 Å². The van der Waals surface area contributed by atoms with E-state index in [0.29, 0.717) is 6.54 Å². The molecule has 0 spiro atoms. The molecule has 0 saturated heterocycles.